The summed E-state index contributed by atoms with van der Waals surface area (Å²) >= 11 is 5.97. The number of aromatic nitrogens is 2. The minimum atomic E-state index is 0.397. The molecule has 3 rings (SSSR count). The van der Waals surface area contributed by atoms with Crippen LogP contribution in [0.2, 0.25) is 0 Å². The molecule has 3 nitrogen and oxygen atoms in total. The summed E-state index contributed by atoms with van der Waals surface area (Å²) in [4.78, 5) is 4.54. The Morgan fingerprint density at radius 2 is 2.22 bits per heavy atom. The third-order valence-electron chi connectivity index (χ3n) is 3.00. The Morgan fingerprint density at radius 1 is 1.33 bits per heavy atom. The second-order valence-electron chi connectivity index (χ2n) is 4.32. The molecular formula is C14H13ClN2O. The summed E-state index contributed by atoms with van der Waals surface area (Å²) in [6.45, 7) is 2.74. The predicted octanol–water partition coefficient (Wildman–Crippen LogP) is 3.72. The van der Waals surface area contributed by atoms with Gasteiger partial charge >= 0.3 is 0 Å². The molecule has 0 bridgehead atoms. The van der Waals surface area contributed by atoms with Crippen LogP contribution in [0.5, 0.6) is 0 Å². The van der Waals surface area contributed by atoms with Gasteiger partial charge < -0.3 is 8.98 Å². The van der Waals surface area contributed by atoms with Crippen LogP contribution in [0.3, 0.4) is 0 Å². The summed E-state index contributed by atoms with van der Waals surface area (Å²) in [7, 11) is 0. The number of hydrogen-bond donors (Lipinski definition) is 0. The van der Waals surface area contributed by atoms with Crippen LogP contribution < -0.4 is 0 Å². The minimum Gasteiger partial charge on any atom is -0.467 e. The smallest absolute Gasteiger partial charge is 0.125 e. The monoisotopic (exact) mass is 260 g/mol. The SMILES string of the molecule is Cc1ccc2nc(CCl)n(Cc3ccco3)c2c1. The number of aryl methyl sites for hydroxylation is 1. The molecule has 2 aromatic heterocycles. The minimum absolute atomic E-state index is 0.397. The first-order valence-corrected chi connectivity index (χ1v) is 6.35. The quantitative estimate of drug-likeness (QED) is 0.672. The fraction of sp³-hybridized carbons (Fsp3) is 0.214. The van der Waals surface area contributed by atoms with Crippen molar-refractivity contribution >= 4 is 22.6 Å². The van der Waals surface area contributed by atoms with Gasteiger partial charge in [0.15, 0.2) is 0 Å². The van der Waals surface area contributed by atoms with E-state index >= 15 is 0 Å². The third kappa shape index (κ3) is 1.91. The molecule has 92 valence electrons. The van der Waals surface area contributed by atoms with Gasteiger partial charge in [-0.3, -0.25) is 0 Å². The second-order valence-corrected chi connectivity index (χ2v) is 4.59. The number of benzene rings is 1. The normalized spacial score (nSPS) is 11.2. The summed E-state index contributed by atoms with van der Waals surface area (Å²) < 4.78 is 7.50. The second kappa shape index (κ2) is 4.50. The molecule has 0 atom stereocenters. The van der Waals surface area contributed by atoms with Gasteiger partial charge in [0.2, 0.25) is 0 Å². The zero-order valence-corrected chi connectivity index (χ0v) is 10.8. The van der Waals surface area contributed by atoms with Crippen molar-refractivity contribution in [3.63, 3.8) is 0 Å². The number of alkyl halides is 1. The standard InChI is InChI=1S/C14H13ClN2O/c1-10-4-5-12-13(7-10)17(14(8-15)16-12)9-11-3-2-6-18-11/h2-7H,8-9H2,1H3. The van der Waals surface area contributed by atoms with E-state index in [9.17, 15) is 0 Å². The lowest BCUT2D eigenvalue weighted by molar-refractivity contribution is 0.493. The van der Waals surface area contributed by atoms with E-state index in [0.717, 1.165) is 22.6 Å². The van der Waals surface area contributed by atoms with Gasteiger partial charge in [-0.15, -0.1) is 11.6 Å². The topological polar surface area (TPSA) is 31.0 Å². The highest BCUT2D eigenvalue weighted by molar-refractivity contribution is 6.16. The highest BCUT2D eigenvalue weighted by Gasteiger charge is 2.11. The first-order valence-electron chi connectivity index (χ1n) is 5.82. The van der Waals surface area contributed by atoms with Crippen LogP contribution in [0.1, 0.15) is 17.1 Å². The van der Waals surface area contributed by atoms with Crippen LogP contribution in [0, 0.1) is 6.92 Å². The average molecular weight is 261 g/mol. The summed E-state index contributed by atoms with van der Waals surface area (Å²) in [6, 6.07) is 10.1. The van der Waals surface area contributed by atoms with E-state index in [2.05, 4.69) is 28.6 Å². The Labute approximate surface area is 110 Å². The molecule has 0 saturated heterocycles. The highest BCUT2D eigenvalue weighted by Crippen LogP contribution is 2.20. The van der Waals surface area contributed by atoms with Crippen molar-refractivity contribution < 1.29 is 4.42 Å². The lowest BCUT2D eigenvalue weighted by atomic mass is 10.2. The van der Waals surface area contributed by atoms with E-state index in [1.54, 1.807) is 6.26 Å². The molecule has 3 aromatic rings. The summed E-state index contributed by atoms with van der Waals surface area (Å²) in [6.07, 6.45) is 1.68. The van der Waals surface area contributed by atoms with Crippen molar-refractivity contribution in [2.45, 2.75) is 19.3 Å². The molecule has 1 aromatic carbocycles. The van der Waals surface area contributed by atoms with E-state index in [1.165, 1.54) is 5.56 Å². The molecule has 0 radical (unpaired) electrons. The summed E-state index contributed by atoms with van der Waals surface area (Å²) in [5.74, 6) is 2.17. The zero-order chi connectivity index (χ0) is 12.5. The van der Waals surface area contributed by atoms with Gasteiger partial charge in [-0.05, 0) is 36.8 Å². The maximum atomic E-state index is 5.97. The number of furan rings is 1. The average Bonchev–Trinajstić information content (AvgIpc) is 2.98. The molecule has 0 aliphatic rings. The van der Waals surface area contributed by atoms with Crippen molar-refractivity contribution in [3.8, 4) is 0 Å². The Kier molecular flexibility index (Phi) is 2.84. The fourth-order valence-electron chi connectivity index (χ4n) is 2.12. The summed E-state index contributed by atoms with van der Waals surface area (Å²) in [5.41, 5.74) is 3.29. The highest BCUT2D eigenvalue weighted by atomic mass is 35.5. The van der Waals surface area contributed by atoms with Crippen LogP contribution in [-0.4, -0.2) is 9.55 Å². The Morgan fingerprint density at radius 3 is 2.94 bits per heavy atom. The Hall–Kier alpha value is -1.74. The Bertz CT molecular complexity index is 670. The van der Waals surface area contributed by atoms with Gasteiger partial charge in [0, 0.05) is 0 Å². The predicted molar refractivity (Wildman–Crippen MR) is 71.8 cm³/mol. The van der Waals surface area contributed by atoms with E-state index < -0.39 is 0 Å². The first-order chi connectivity index (χ1) is 8.78. The van der Waals surface area contributed by atoms with Crippen molar-refractivity contribution in [1.82, 2.24) is 9.55 Å². The fourth-order valence-corrected chi connectivity index (χ4v) is 2.32. The van der Waals surface area contributed by atoms with Crippen molar-refractivity contribution in [1.29, 1.82) is 0 Å². The van der Waals surface area contributed by atoms with Crippen LogP contribution in [-0.2, 0) is 12.4 Å². The molecule has 0 aliphatic carbocycles. The van der Waals surface area contributed by atoms with Crippen molar-refractivity contribution in [3.05, 3.63) is 53.7 Å². The molecule has 0 unspecified atom stereocenters. The van der Waals surface area contributed by atoms with Crippen molar-refractivity contribution in [2.75, 3.05) is 0 Å². The lowest BCUT2D eigenvalue weighted by Crippen LogP contribution is -2.03. The van der Waals surface area contributed by atoms with E-state index in [1.807, 2.05) is 18.2 Å². The number of nitrogens with zero attached hydrogens (tertiary/aromatic N) is 2. The van der Waals surface area contributed by atoms with E-state index in [4.69, 9.17) is 16.0 Å². The number of halogens is 1. The molecule has 2 heterocycles. The van der Waals surface area contributed by atoms with Gasteiger partial charge in [0.1, 0.15) is 11.6 Å². The number of hydrogen-bond acceptors (Lipinski definition) is 2. The largest absolute Gasteiger partial charge is 0.467 e. The van der Waals surface area contributed by atoms with E-state index in [-0.39, 0.29) is 0 Å². The molecule has 0 amide bonds. The van der Waals surface area contributed by atoms with Gasteiger partial charge in [-0.25, -0.2) is 4.98 Å². The Balaban J connectivity index is 2.15. The molecule has 0 N–H and O–H groups in total. The molecular weight excluding hydrogens is 248 g/mol. The van der Waals surface area contributed by atoms with E-state index in [0.29, 0.717) is 12.4 Å². The molecule has 0 spiro atoms. The van der Waals surface area contributed by atoms with Gasteiger partial charge in [-0.2, -0.15) is 0 Å². The van der Waals surface area contributed by atoms with Crippen LogP contribution >= 0.6 is 11.6 Å². The van der Waals surface area contributed by atoms with Crippen molar-refractivity contribution in [2.24, 2.45) is 0 Å². The number of imidazole rings is 1. The first kappa shape index (κ1) is 11.4. The van der Waals surface area contributed by atoms with Gasteiger partial charge in [0.25, 0.3) is 0 Å². The molecule has 4 heteroatoms. The van der Waals surface area contributed by atoms with Crippen LogP contribution in [0.15, 0.2) is 41.0 Å². The number of rotatable bonds is 3. The third-order valence-corrected chi connectivity index (χ3v) is 3.24. The van der Waals surface area contributed by atoms with Gasteiger partial charge in [-0.1, -0.05) is 6.07 Å². The van der Waals surface area contributed by atoms with Crippen LogP contribution in [0.25, 0.3) is 11.0 Å². The lowest BCUT2D eigenvalue weighted by Gasteiger charge is -2.05. The molecule has 18 heavy (non-hydrogen) atoms. The zero-order valence-electron chi connectivity index (χ0n) is 10.1. The molecule has 0 aliphatic heterocycles. The molecule has 0 saturated carbocycles. The maximum absolute atomic E-state index is 5.97. The number of fused-ring (bicyclic) bond motifs is 1. The summed E-state index contributed by atoms with van der Waals surface area (Å²) in [5, 5.41) is 0. The maximum Gasteiger partial charge on any atom is 0.125 e. The van der Waals surface area contributed by atoms with Gasteiger partial charge in [0.05, 0.1) is 29.7 Å². The molecule has 0 fully saturated rings. The van der Waals surface area contributed by atoms with Crippen LogP contribution in [0.4, 0.5) is 0 Å².